The Morgan fingerprint density at radius 3 is 1.48 bits per heavy atom. The van der Waals surface area contributed by atoms with Crippen molar-refractivity contribution in [1.29, 1.82) is 0 Å². The lowest BCUT2D eigenvalue weighted by molar-refractivity contribution is -0.236. The minimum Gasteiger partial charge on any atom is -0.481 e. The van der Waals surface area contributed by atoms with E-state index >= 15 is 0 Å². The maximum absolute atomic E-state index is 11.6. The largest absolute Gasteiger partial charge is 0.481 e. The third kappa shape index (κ3) is 42.6. The molecule has 0 saturated heterocycles. The molecule has 0 aliphatic heterocycles. The molecule has 12 nitrogen and oxygen atoms in total. The highest BCUT2D eigenvalue weighted by Crippen LogP contribution is 2.24. The summed E-state index contributed by atoms with van der Waals surface area (Å²) in [4.78, 5) is 22.0. The lowest BCUT2D eigenvalue weighted by atomic mass is 9.89. The Hall–Kier alpha value is -1.54. The number of nitrogens with one attached hydrogen (secondary N) is 1. The Bertz CT molecular complexity index is 680. The van der Waals surface area contributed by atoms with Crippen molar-refractivity contribution in [2.24, 2.45) is 16.7 Å². The Kier molecular flexibility index (Phi) is 29.9. The molecule has 0 aliphatic rings. The van der Waals surface area contributed by atoms with Gasteiger partial charge in [-0.25, -0.2) is 4.79 Å². The SMILES string of the molecule is CC.CC(C)(C)CC(CO)OC(COC(=O)NCCC(=O)O)OC(C)(C)C.CC(C)(C)CC(CO)OC(O)CO.CC(C)C. The summed E-state index contributed by atoms with van der Waals surface area (Å²) in [6, 6.07) is 0. The molecule has 4 unspecified atom stereocenters. The zero-order chi connectivity index (χ0) is 35.7. The average molecular weight is 644 g/mol. The van der Waals surface area contributed by atoms with Gasteiger partial charge in [-0.05, 0) is 50.4 Å². The van der Waals surface area contributed by atoms with Crippen LogP contribution in [0.15, 0.2) is 0 Å². The van der Waals surface area contributed by atoms with E-state index in [1.54, 1.807) is 0 Å². The van der Waals surface area contributed by atoms with Gasteiger partial charge in [-0.2, -0.15) is 0 Å². The maximum Gasteiger partial charge on any atom is 0.407 e. The van der Waals surface area contributed by atoms with Crippen LogP contribution in [0.25, 0.3) is 0 Å². The van der Waals surface area contributed by atoms with E-state index in [1.807, 2.05) is 76.2 Å². The van der Waals surface area contributed by atoms with Crippen LogP contribution in [0.3, 0.4) is 0 Å². The van der Waals surface area contributed by atoms with Crippen LogP contribution in [0.2, 0.25) is 0 Å². The van der Waals surface area contributed by atoms with Crippen molar-refractivity contribution in [3.8, 4) is 0 Å². The van der Waals surface area contributed by atoms with Crippen molar-refractivity contribution in [2.75, 3.05) is 33.0 Å². The van der Waals surface area contributed by atoms with Crippen molar-refractivity contribution in [2.45, 2.75) is 147 Å². The molecule has 0 aliphatic carbocycles. The second-order valence-corrected chi connectivity index (χ2v) is 14.1. The summed E-state index contributed by atoms with van der Waals surface area (Å²) >= 11 is 0. The van der Waals surface area contributed by atoms with Gasteiger partial charge in [-0.15, -0.1) is 0 Å². The molecule has 0 rings (SSSR count). The molecule has 0 aromatic carbocycles. The fraction of sp³-hybridized carbons (Fsp3) is 0.938. The smallest absolute Gasteiger partial charge is 0.407 e. The second kappa shape index (κ2) is 26.7. The first-order chi connectivity index (χ1) is 19.9. The monoisotopic (exact) mass is 643 g/mol. The van der Waals surface area contributed by atoms with Crippen LogP contribution in [0.5, 0.6) is 0 Å². The predicted octanol–water partition coefficient (Wildman–Crippen LogP) is 4.94. The topological polar surface area (TPSA) is 184 Å². The van der Waals surface area contributed by atoms with Crippen LogP contribution >= 0.6 is 0 Å². The van der Waals surface area contributed by atoms with Crippen molar-refractivity contribution in [1.82, 2.24) is 5.32 Å². The van der Waals surface area contributed by atoms with Gasteiger partial charge >= 0.3 is 12.1 Å². The quantitative estimate of drug-likeness (QED) is 0.133. The van der Waals surface area contributed by atoms with Crippen LogP contribution in [0.1, 0.15) is 116 Å². The number of carbonyl (C=O) groups is 2. The van der Waals surface area contributed by atoms with Gasteiger partial charge < -0.3 is 49.8 Å². The van der Waals surface area contributed by atoms with E-state index in [-0.39, 0.29) is 43.6 Å². The highest BCUT2D eigenvalue weighted by Gasteiger charge is 2.27. The minimum atomic E-state index is -1.19. The molecule has 0 fully saturated rings. The zero-order valence-corrected chi connectivity index (χ0v) is 30.2. The van der Waals surface area contributed by atoms with Crippen LogP contribution in [0, 0.1) is 16.7 Å². The molecule has 0 spiro atoms. The van der Waals surface area contributed by atoms with E-state index in [2.05, 4.69) is 26.1 Å². The first-order valence-corrected chi connectivity index (χ1v) is 15.6. The standard InChI is InChI=1S/C17H33NO7.C9H20O4.C4H10.C2H6/c1-16(2,3)9-12(10-19)24-14(25-17(4,5)6)11-23-15(22)18-8-7-13(20)21;1-9(2,3)4-7(5-10)13-8(12)6-11;1-4(2)3;1-2/h12,14,19H,7-11H2,1-6H3,(H,18,22)(H,20,21);7-8,10-12H,4-6H2,1-3H3;4H,1-3H3;1-2H3. The van der Waals surface area contributed by atoms with Gasteiger partial charge in [0.25, 0.3) is 0 Å². The fourth-order valence-electron chi connectivity index (χ4n) is 3.12. The summed E-state index contributed by atoms with van der Waals surface area (Å²) < 4.78 is 21.5. The van der Waals surface area contributed by atoms with Crippen molar-refractivity contribution in [3.63, 3.8) is 0 Å². The van der Waals surface area contributed by atoms with Crippen LogP contribution in [-0.2, 0) is 23.7 Å². The number of alkyl carbamates (subject to hydrolysis) is 1. The third-order valence-electron chi connectivity index (χ3n) is 4.38. The number of carboxylic acid groups (broad SMARTS) is 1. The van der Waals surface area contributed by atoms with E-state index in [9.17, 15) is 14.7 Å². The Morgan fingerprint density at radius 1 is 0.750 bits per heavy atom. The lowest BCUT2D eigenvalue weighted by Gasteiger charge is -2.32. The molecular formula is C32H69NO11. The van der Waals surface area contributed by atoms with Gasteiger partial charge in [0.15, 0.2) is 12.6 Å². The molecule has 268 valence electrons. The van der Waals surface area contributed by atoms with E-state index in [0.717, 1.165) is 5.92 Å². The molecule has 0 aromatic heterocycles. The Labute approximate surface area is 267 Å². The van der Waals surface area contributed by atoms with Gasteiger partial charge in [0, 0.05) is 6.54 Å². The molecule has 0 heterocycles. The molecule has 6 N–H and O–H groups in total. The Balaban J connectivity index is -0.000000350. The lowest BCUT2D eigenvalue weighted by Crippen LogP contribution is -2.39. The van der Waals surface area contributed by atoms with E-state index in [1.165, 1.54) is 0 Å². The number of hydrogen-bond acceptors (Lipinski definition) is 10. The van der Waals surface area contributed by atoms with Gasteiger partial charge in [-0.1, -0.05) is 76.2 Å². The number of rotatable bonds is 15. The normalized spacial score (nSPS) is 14.3. The minimum absolute atomic E-state index is 0.0247. The van der Waals surface area contributed by atoms with Gasteiger partial charge in [0.05, 0.1) is 44.1 Å². The summed E-state index contributed by atoms with van der Waals surface area (Å²) in [5.74, 6) is -0.175. The molecule has 0 saturated carbocycles. The Morgan fingerprint density at radius 2 is 1.16 bits per heavy atom. The summed E-state index contributed by atoms with van der Waals surface area (Å²) in [7, 11) is 0. The number of hydrogen-bond donors (Lipinski definition) is 6. The highest BCUT2D eigenvalue weighted by molar-refractivity contribution is 5.70. The molecule has 1 amide bonds. The third-order valence-corrected chi connectivity index (χ3v) is 4.38. The molecule has 0 bridgehead atoms. The molecule has 44 heavy (non-hydrogen) atoms. The number of carboxylic acids is 1. The van der Waals surface area contributed by atoms with Crippen molar-refractivity contribution in [3.05, 3.63) is 0 Å². The molecular weight excluding hydrogens is 574 g/mol. The summed E-state index contributed by atoms with van der Waals surface area (Å²) in [5.41, 5.74) is -0.549. The predicted molar refractivity (Wildman–Crippen MR) is 173 cm³/mol. The number of amides is 1. The second-order valence-electron chi connectivity index (χ2n) is 14.1. The van der Waals surface area contributed by atoms with E-state index in [0.29, 0.717) is 12.8 Å². The summed E-state index contributed by atoms with van der Waals surface area (Å²) in [6.45, 7) is 27.2. The van der Waals surface area contributed by atoms with Gasteiger partial charge in [0.2, 0.25) is 0 Å². The zero-order valence-electron chi connectivity index (χ0n) is 30.2. The summed E-state index contributed by atoms with van der Waals surface area (Å²) in [6.07, 6.45) is -2.59. The number of aliphatic hydroxyl groups excluding tert-OH is 4. The first kappa shape index (κ1) is 49.3. The maximum atomic E-state index is 11.6. The van der Waals surface area contributed by atoms with Crippen LogP contribution in [-0.4, -0.2) is 101 Å². The van der Waals surface area contributed by atoms with Crippen molar-refractivity contribution >= 4 is 12.1 Å². The first-order valence-electron chi connectivity index (χ1n) is 15.6. The number of ether oxygens (including phenoxy) is 4. The van der Waals surface area contributed by atoms with Crippen LogP contribution < -0.4 is 5.32 Å². The average Bonchev–Trinajstić information content (AvgIpc) is 2.84. The number of aliphatic carboxylic acids is 1. The van der Waals surface area contributed by atoms with Crippen molar-refractivity contribution < 1.29 is 54.1 Å². The molecule has 0 aromatic rings. The summed E-state index contributed by atoms with van der Waals surface area (Å²) in [5, 5.41) is 46.8. The number of carbonyl (C=O) groups excluding carboxylic acids is 1. The van der Waals surface area contributed by atoms with Crippen LogP contribution in [0.4, 0.5) is 4.79 Å². The molecule has 4 atom stereocenters. The highest BCUT2D eigenvalue weighted by atomic mass is 16.7. The van der Waals surface area contributed by atoms with Gasteiger partial charge in [-0.3, -0.25) is 4.79 Å². The molecule has 0 radical (unpaired) electrons. The fourth-order valence-corrected chi connectivity index (χ4v) is 3.12. The van der Waals surface area contributed by atoms with E-state index < -0.39 is 49.1 Å². The van der Waals surface area contributed by atoms with E-state index in [4.69, 9.17) is 39.4 Å². The van der Waals surface area contributed by atoms with Gasteiger partial charge in [0.1, 0.15) is 6.61 Å². The number of aliphatic hydroxyl groups is 4. The molecule has 12 heteroatoms.